The molecule has 2 N–H and O–H groups in total. The average Bonchev–Trinajstić information content (AvgIpc) is 2.77. The highest BCUT2D eigenvalue weighted by molar-refractivity contribution is 5.79. The molecule has 3 rings (SSSR count). The van der Waals surface area contributed by atoms with Crippen LogP contribution in [0.15, 0.2) is 53.9 Å². The number of hydrogen-bond donors (Lipinski definition) is 2. The Bertz CT molecular complexity index is 1180. The summed E-state index contributed by atoms with van der Waals surface area (Å²) in [4.78, 5) is 24.5. The monoisotopic (exact) mass is 502 g/mol. The van der Waals surface area contributed by atoms with Crippen LogP contribution in [0.5, 0.6) is 6.01 Å². The molecule has 2 aromatic heterocycles. The number of nitrogens with one attached hydrogen (secondary N) is 2. The Morgan fingerprint density at radius 1 is 1.00 bits per heavy atom. The second-order valence-electron chi connectivity index (χ2n) is 6.43. The highest BCUT2D eigenvalue weighted by atomic mass is 19.4. The minimum atomic E-state index is -5.82. The molecule has 35 heavy (non-hydrogen) atoms. The van der Waals surface area contributed by atoms with E-state index in [-0.39, 0.29) is 11.4 Å². The van der Waals surface area contributed by atoms with Gasteiger partial charge in [0.25, 0.3) is 17.7 Å². The number of pyridine rings is 1. The lowest BCUT2D eigenvalue weighted by Gasteiger charge is -2.22. The van der Waals surface area contributed by atoms with Gasteiger partial charge in [0, 0.05) is 35.8 Å². The number of alkyl halides is 6. The number of nitro groups is 1. The van der Waals surface area contributed by atoms with Crippen molar-refractivity contribution in [3.8, 4) is 6.01 Å². The van der Waals surface area contributed by atoms with Gasteiger partial charge in [-0.25, -0.2) is 5.43 Å². The van der Waals surface area contributed by atoms with Crippen LogP contribution >= 0.6 is 0 Å². The van der Waals surface area contributed by atoms with E-state index < -0.39 is 41.3 Å². The summed E-state index contributed by atoms with van der Waals surface area (Å²) in [6.07, 6.45) is -11.7. The van der Waals surface area contributed by atoms with Crippen molar-refractivity contribution in [3.63, 3.8) is 0 Å². The topological polar surface area (TPSA) is 140 Å². The van der Waals surface area contributed by atoms with Crippen LogP contribution in [0.1, 0.15) is 5.56 Å². The third-order valence-electron chi connectivity index (χ3n) is 3.83. The molecule has 0 amide bonds. The molecule has 1 aromatic carbocycles. The average molecular weight is 502 g/mol. The Hall–Kier alpha value is -4.57. The van der Waals surface area contributed by atoms with Crippen LogP contribution in [-0.4, -0.2) is 49.5 Å². The highest BCUT2D eigenvalue weighted by Gasteiger charge is 2.59. The van der Waals surface area contributed by atoms with E-state index in [1.165, 1.54) is 30.7 Å². The van der Waals surface area contributed by atoms with Crippen molar-refractivity contribution >= 4 is 29.5 Å². The number of aromatic nitrogens is 4. The molecule has 0 bridgehead atoms. The van der Waals surface area contributed by atoms with Gasteiger partial charge < -0.3 is 10.1 Å². The molecule has 2 heterocycles. The third kappa shape index (κ3) is 7.21. The van der Waals surface area contributed by atoms with E-state index in [2.05, 4.69) is 40.5 Å². The molecule has 0 fully saturated rings. The molecule has 0 unspecified atom stereocenters. The van der Waals surface area contributed by atoms with Crippen LogP contribution in [0.25, 0.3) is 0 Å². The van der Waals surface area contributed by atoms with Crippen LogP contribution < -0.4 is 15.5 Å². The molecule has 11 nitrogen and oxygen atoms in total. The number of rotatable bonds is 8. The highest BCUT2D eigenvalue weighted by Crippen LogP contribution is 2.36. The summed E-state index contributed by atoms with van der Waals surface area (Å²) in [6, 6.07) is 6.51. The van der Waals surface area contributed by atoms with E-state index in [1.54, 1.807) is 12.1 Å². The molecule has 0 aliphatic rings. The van der Waals surface area contributed by atoms with Crippen LogP contribution in [0.2, 0.25) is 0 Å². The summed E-state index contributed by atoms with van der Waals surface area (Å²) in [5, 5.41) is 17.0. The van der Waals surface area contributed by atoms with Gasteiger partial charge >= 0.3 is 18.4 Å². The number of ether oxygens (including phenoxy) is 1. The van der Waals surface area contributed by atoms with E-state index in [0.717, 1.165) is 12.1 Å². The quantitative estimate of drug-likeness (QED) is 0.200. The van der Waals surface area contributed by atoms with Crippen molar-refractivity contribution in [2.75, 3.05) is 10.7 Å². The Morgan fingerprint density at radius 2 is 1.66 bits per heavy atom. The van der Waals surface area contributed by atoms with Crippen molar-refractivity contribution in [3.05, 3.63) is 64.5 Å². The Morgan fingerprint density at radius 3 is 2.23 bits per heavy atom. The smallest absolute Gasteiger partial charge is 0.434 e. The molecule has 17 heteroatoms. The van der Waals surface area contributed by atoms with E-state index in [1.807, 2.05) is 0 Å². The lowest BCUT2D eigenvalue weighted by atomic mass is 10.3. The fourth-order valence-electron chi connectivity index (χ4n) is 2.35. The molecule has 0 saturated carbocycles. The molecule has 3 aromatic rings. The van der Waals surface area contributed by atoms with E-state index in [4.69, 9.17) is 0 Å². The van der Waals surface area contributed by atoms with Gasteiger partial charge in [-0.2, -0.15) is 46.4 Å². The Kier molecular flexibility index (Phi) is 7.26. The zero-order valence-corrected chi connectivity index (χ0v) is 16.9. The van der Waals surface area contributed by atoms with Crippen molar-refractivity contribution in [1.29, 1.82) is 0 Å². The van der Waals surface area contributed by atoms with Gasteiger partial charge in [0.15, 0.2) is 0 Å². The minimum Gasteiger partial charge on any atom is -0.440 e. The van der Waals surface area contributed by atoms with Crippen molar-refractivity contribution < 1.29 is 36.0 Å². The molecule has 0 saturated heterocycles. The van der Waals surface area contributed by atoms with Gasteiger partial charge in [-0.15, -0.1) is 0 Å². The number of benzene rings is 1. The van der Waals surface area contributed by atoms with E-state index in [0.29, 0.717) is 5.56 Å². The maximum absolute atomic E-state index is 12.9. The SMILES string of the molecule is O=[N+]([O-])c1ccc(Nc2nc(NN=Cc3cccnc3)nc(OC(C(F)(F)F)C(F)(F)F)n2)cc1. The van der Waals surface area contributed by atoms with Gasteiger partial charge in [0.2, 0.25) is 5.95 Å². The first-order chi connectivity index (χ1) is 16.4. The maximum Gasteiger partial charge on any atom is 0.434 e. The molecule has 0 radical (unpaired) electrons. The molecule has 0 aliphatic heterocycles. The van der Waals surface area contributed by atoms with Gasteiger partial charge in [-0.1, -0.05) is 6.07 Å². The standard InChI is InChI=1S/C18H12F6N8O3/c19-17(20,21)13(18(22,23)24)35-16-29-14(27-11-3-5-12(6-4-11)32(33)34)28-15(30-16)31-26-9-10-2-1-7-25-8-10/h1-9,13H,(H2,27,28,29,30,31). The second-order valence-corrected chi connectivity index (χ2v) is 6.43. The largest absolute Gasteiger partial charge is 0.440 e. The van der Waals surface area contributed by atoms with Crippen LogP contribution in [0.3, 0.4) is 0 Å². The molecule has 184 valence electrons. The zero-order valence-electron chi connectivity index (χ0n) is 16.9. The number of halogens is 6. The van der Waals surface area contributed by atoms with Gasteiger partial charge in [0.1, 0.15) is 0 Å². The number of anilines is 3. The first kappa shape index (κ1) is 25.1. The summed E-state index contributed by atoms with van der Waals surface area (Å²) >= 11 is 0. The van der Waals surface area contributed by atoms with Crippen LogP contribution in [0.4, 0.5) is 49.6 Å². The molecular formula is C18H12F6N8O3. The number of nitro benzene ring substituents is 1. The maximum atomic E-state index is 12.9. The molecular weight excluding hydrogens is 490 g/mol. The lowest BCUT2D eigenvalue weighted by Crippen LogP contribution is -2.46. The summed E-state index contributed by atoms with van der Waals surface area (Å²) < 4.78 is 81.5. The first-order valence-electron chi connectivity index (χ1n) is 9.18. The van der Waals surface area contributed by atoms with Gasteiger partial charge in [-0.05, 0) is 18.2 Å². The van der Waals surface area contributed by atoms with Crippen molar-refractivity contribution in [2.24, 2.45) is 5.10 Å². The number of nitrogens with zero attached hydrogens (tertiary/aromatic N) is 6. The summed E-state index contributed by atoms with van der Waals surface area (Å²) in [5.74, 6) is -1.10. The minimum absolute atomic E-state index is 0.126. The summed E-state index contributed by atoms with van der Waals surface area (Å²) in [5.41, 5.74) is 2.61. The fourth-order valence-corrected chi connectivity index (χ4v) is 2.35. The van der Waals surface area contributed by atoms with Crippen molar-refractivity contribution in [1.82, 2.24) is 19.9 Å². The number of hydrogen-bond acceptors (Lipinski definition) is 10. The predicted molar refractivity (Wildman–Crippen MR) is 108 cm³/mol. The van der Waals surface area contributed by atoms with Crippen molar-refractivity contribution in [2.45, 2.75) is 18.5 Å². The first-order valence-corrected chi connectivity index (χ1v) is 9.18. The molecule has 0 spiro atoms. The summed E-state index contributed by atoms with van der Waals surface area (Å²) in [6.45, 7) is 0. The Labute approximate surface area is 191 Å². The number of non-ortho nitro benzene ring substituents is 1. The lowest BCUT2D eigenvalue weighted by molar-refractivity contribution is -0.384. The van der Waals surface area contributed by atoms with Gasteiger partial charge in [-0.3, -0.25) is 15.1 Å². The molecule has 0 atom stereocenters. The molecule has 0 aliphatic carbocycles. The summed E-state index contributed by atoms with van der Waals surface area (Å²) in [7, 11) is 0. The zero-order chi connectivity index (χ0) is 25.6. The number of hydrazone groups is 1. The second kappa shape index (κ2) is 10.1. The van der Waals surface area contributed by atoms with E-state index in [9.17, 15) is 36.5 Å². The van der Waals surface area contributed by atoms with Crippen LogP contribution in [-0.2, 0) is 0 Å². The predicted octanol–water partition coefficient (Wildman–Crippen LogP) is 4.24. The third-order valence-corrected chi connectivity index (χ3v) is 3.83. The fraction of sp³-hybridized carbons (Fsp3) is 0.167. The Balaban J connectivity index is 1.91. The van der Waals surface area contributed by atoms with Crippen LogP contribution in [0, 0.1) is 10.1 Å². The van der Waals surface area contributed by atoms with E-state index >= 15 is 0 Å². The van der Waals surface area contributed by atoms with Gasteiger partial charge in [0.05, 0.1) is 11.1 Å². The normalized spacial score (nSPS) is 12.1.